The number of hydrogen-bond donors (Lipinski definition) is 0. The number of nitrogens with zero attached hydrogens (tertiary/aromatic N) is 3. The lowest BCUT2D eigenvalue weighted by Crippen LogP contribution is -2.40. The van der Waals surface area contributed by atoms with E-state index in [2.05, 4.69) is 10.3 Å². The summed E-state index contributed by atoms with van der Waals surface area (Å²) >= 11 is 0. The summed E-state index contributed by atoms with van der Waals surface area (Å²) in [6.07, 6.45) is -0.000573. The van der Waals surface area contributed by atoms with Gasteiger partial charge in [0.2, 0.25) is 20.0 Å². The molecule has 3 aromatic rings. The van der Waals surface area contributed by atoms with Crippen molar-refractivity contribution in [2.24, 2.45) is 0 Å². The quantitative estimate of drug-likeness (QED) is 0.453. The molecule has 9 nitrogen and oxygen atoms in total. The van der Waals surface area contributed by atoms with E-state index < -0.39 is 37.4 Å². The van der Waals surface area contributed by atoms with E-state index in [1.54, 1.807) is 33.8 Å². The SMILES string of the molecule is Cc1noc(C)c1CS(=O)(=O)N(CCc1cccc(F)c1)S(=O)(=O)Cc1c(C)noc1C. The van der Waals surface area contributed by atoms with Crippen molar-refractivity contribution in [1.82, 2.24) is 14.0 Å². The number of aromatic nitrogens is 2. The highest BCUT2D eigenvalue weighted by atomic mass is 32.3. The molecule has 0 spiro atoms. The van der Waals surface area contributed by atoms with E-state index in [0.29, 0.717) is 43.3 Å². The molecule has 2 aromatic heterocycles. The lowest BCUT2D eigenvalue weighted by atomic mass is 10.1. The zero-order valence-electron chi connectivity index (χ0n) is 18.1. The third-order valence-corrected chi connectivity index (χ3v) is 9.38. The smallest absolute Gasteiger partial charge is 0.231 e. The summed E-state index contributed by atoms with van der Waals surface area (Å²) in [6.45, 7) is 5.88. The Morgan fingerprint density at radius 2 is 1.38 bits per heavy atom. The summed E-state index contributed by atoms with van der Waals surface area (Å²) in [5.74, 6) is -1.11. The lowest BCUT2D eigenvalue weighted by Gasteiger charge is -2.22. The second-order valence-electron chi connectivity index (χ2n) is 7.49. The largest absolute Gasteiger partial charge is 0.361 e. The molecule has 0 aliphatic carbocycles. The number of rotatable bonds is 9. The zero-order chi connectivity index (χ0) is 23.7. The maximum absolute atomic E-state index is 13.6. The summed E-state index contributed by atoms with van der Waals surface area (Å²) in [4.78, 5) is 0. The molecule has 0 saturated heterocycles. The molecule has 0 bridgehead atoms. The molecule has 12 heteroatoms. The topological polar surface area (TPSA) is 124 Å². The second kappa shape index (κ2) is 9.12. The molecule has 0 fully saturated rings. The summed E-state index contributed by atoms with van der Waals surface area (Å²) in [7, 11) is -8.71. The Morgan fingerprint density at radius 3 is 1.78 bits per heavy atom. The molecule has 0 unspecified atom stereocenters. The highest BCUT2D eigenvalue weighted by Gasteiger charge is 2.36. The van der Waals surface area contributed by atoms with E-state index in [4.69, 9.17) is 9.05 Å². The minimum absolute atomic E-state index is 0.000573. The van der Waals surface area contributed by atoms with Gasteiger partial charge < -0.3 is 9.05 Å². The number of halogens is 1. The first kappa shape index (κ1) is 24.1. The number of hydrogen-bond acceptors (Lipinski definition) is 8. The molecular weight excluding hydrogens is 461 g/mol. The zero-order valence-corrected chi connectivity index (χ0v) is 19.8. The van der Waals surface area contributed by atoms with Gasteiger partial charge in [0.05, 0.1) is 22.9 Å². The summed E-state index contributed by atoms with van der Waals surface area (Å²) in [6, 6.07) is 5.57. The highest BCUT2D eigenvalue weighted by Crippen LogP contribution is 2.24. The summed E-state index contributed by atoms with van der Waals surface area (Å²) < 4.78 is 77.3. The van der Waals surface area contributed by atoms with Gasteiger partial charge in [0.15, 0.2) is 0 Å². The van der Waals surface area contributed by atoms with Crippen molar-refractivity contribution < 1.29 is 30.3 Å². The van der Waals surface area contributed by atoms with Crippen molar-refractivity contribution >= 4 is 20.0 Å². The molecule has 0 radical (unpaired) electrons. The Kier molecular flexibility index (Phi) is 6.86. The van der Waals surface area contributed by atoms with Crippen LogP contribution in [0.2, 0.25) is 0 Å². The van der Waals surface area contributed by atoms with Gasteiger partial charge in [0.25, 0.3) is 0 Å². The fraction of sp³-hybridized carbons (Fsp3) is 0.400. The fourth-order valence-electron chi connectivity index (χ4n) is 3.29. The monoisotopic (exact) mass is 485 g/mol. The Hall–Kier alpha value is -2.57. The van der Waals surface area contributed by atoms with Gasteiger partial charge in [0, 0.05) is 17.7 Å². The van der Waals surface area contributed by atoms with Crippen LogP contribution in [0, 0.1) is 33.5 Å². The highest BCUT2D eigenvalue weighted by molar-refractivity contribution is 8.03. The van der Waals surface area contributed by atoms with Gasteiger partial charge in [-0.2, -0.15) is 0 Å². The van der Waals surface area contributed by atoms with Gasteiger partial charge in [-0.1, -0.05) is 26.2 Å². The molecule has 32 heavy (non-hydrogen) atoms. The third kappa shape index (κ3) is 5.25. The molecular formula is C20H24FN3O6S2. The van der Waals surface area contributed by atoms with Crippen LogP contribution >= 0.6 is 0 Å². The van der Waals surface area contributed by atoms with Crippen LogP contribution in [0.4, 0.5) is 4.39 Å². The van der Waals surface area contributed by atoms with Crippen LogP contribution in [0.15, 0.2) is 33.3 Å². The van der Waals surface area contributed by atoms with Gasteiger partial charge in [-0.25, -0.2) is 21.2 Å². The van der Waals surface area contributed by atoms with Crippen molar-refractivity contribution in [3.05, 3.63) is 69.7 Å². The Labute approximate surface area is 186 Å². The first-order chi connectivity index (χ1) is 14.9. The van der Waals surface area contributed by atoms with E-state index in [1.165, 1.54) is 18.2 Å². The maximum Gasteiger partial charge on any atom is 0.231 e. The first-order valence-electron chi connectivity index (χ1n) is 9.72. The average Bonchev–Trinajstić information content (AvgIpc) is 3.17. The van der Waals surface area contributed by atoms with Crippen molar-refractivity contribution in [3.8, 4) is 0 Å². The van der Waals surface area contributed by atoms with Crippen LogP contribution in [-0.4, -0.2) is 37.4 Å². The molecule has 0 aliphatic heterocycles. The van der Waals surface area contributed by atoms with Crippen molar-refractivity contribution in [3.63, 3.8) is 0 Å². The average molecular weight is 486 g/mol. The van der Waals surface area contributed by atoms with Crippen LogP contribution in [0.1, 0.15) is 39.6 Å². The van der Waals surface area contributed by atoms with Crippen LogP contribution in [-0.2, 0) is 38.0 Å². The van der Waals surface area contributed by atoms with Gasteiger partial charge in [-0.3, -0.25) is 0 Å². The van der Waals surface area contributed by atoms with E-state index in [1.807, 2.05) is 0 Å². The Morgan fingerprint density at radius 1 is 0.875 bits per heavy atom. The van der Waals surface area contributed by atoms with E-state index in [-0.39, 0.29) is 13.0 Å². The van der Waals surface area contributed by atoms with E-state index in [0.717, 1.165) is 0 Å². The standard InChI is InChI=1S/C20H24FN3O6S2/c1-13-19(15(3)29-22-13)11-31(25,26)24(9-8-17-6-5-7-18(21)10-17)32(27,28)12-20-14(2)23-30-16(20)4/h5-7,10H,8-9,11-12H2,1-4H3. The third-order valence-electron chi connectivity index (χ3n) is 5.11. The van der Waals surface area contributed by atoms with Gasteiger partial charge in [-0.05, 0) is 51.8 Å². The molecule has 3 rings (SSSR count). The lowest BCUT2D eigenvalue weighted by molar-refractivity contribution is 0.392. The fourth-order valence-corrected chi connectivity index (χ4v) is 7.57. The minimum atomic E-state index is -4.36. The summed E-state index contributed by atoms with van der Waals surface area (Å²) in [5.41, 5.74) is 1.79. The number of sulfonamides is 2. The van der Waals surface area contributed by atoms with Crippen molar-refractivity contribution in [1.29, 1.82) is 0 Å². The maximum atomic E-state index is 13.6. The molecule has 0 saturated carbocycles. The van der Waals surface area contributed by atoms with Gasteiger partial charge in [-0.15, -0.1) is 0 Å². The second-order valence-corrected chi connectivity index (χ2v) is 11.5. The number of aryl methyl sites for hydroxylation is 4. The molecule has 0 aliphatic rings. The molecule has 0 N–H and O–H groups in total. The predicted octanol–water partition coefficient (Wildman–Crippen LogP) is 2.94. The van der Waals surface area contributed by atoms with Crippen molar-refractivity contribution in [2.45, 2.75) is 45.6 Å². The molecule has 2 heterocycles. The van der Waals surface area contributed by atoms with E-state index >= 15 is 0 Å². The molecule has 0 amide bonds. The van der Waals surface area contributed by atoms with Gasteiger partial charge in [0.1, 0.15) is 17.3 Å². The summed E-state index contributed by atoms with van der Waals surface area (Å²) in [5, 5.41) is 7.48. The molecule has 174 valence electrons. The Bertz CT molecular complexity index is 1210. The van der Waals surface area contributed by atoms with Gasteiger partial charge >= 0.3 is 0 Å². The van der Waals surface area contributed by atoms with Crippen LogP contribution in [0.3, 0.4) is 0 Å². The normalized spacial score (nSPS) is 12.6. The van der Waals surface area contributed by atoms with Crippen LogP contribution in [0.25, 0.3) is 0 Å². The van der Waals surface area contributed by atoms with Crippen LogP contribution in [0.5, 0.6) is 0 Å². The predicted molar refractivity (Wildman–Crippen MR) is 114 cm³/mol. The minimum Gasteiger partial charge on any atom is -0.361 e. The molecule has 0 atom stereocenters. The number of benzene rings is 1. The van der Waals surface area contributed by atoms with E-state index in [9.17, 15) is 21.2 Å². The van der Waals surface area contributed by atoms with Crippen molar-refractivity contribution in [2.75, 3.05) is 6.54 Å². The Balaban J connectivity index is 1.97. The molecule has 1 aromatic carbocycles. The first-order valence-corrected chi connectivity index (χ1v) is 12.9. The van der Waals surface area contributed by atoms with Crippen LogP contribution < -0.4 is 0 Å².